The highest BCUT2D eigenvalue weighted by molar-refractivity contribution is 7.80. The van der Waals surface area contributed by atoms with Crippen molar-refractivity contribution >= 4 is 23.0 Å². The van der Waals surface area contributed by atoms with Gasteiger partial charge in [-0.15, -0.1) is 0 Å². The maximum Gasteiger partial charge on any atom is 0.416 e. The number of nitrogens with one attached hydrogen (secondary N) is 1. The summed E-state index contributed by atoms with van der Waals surface area (Å²) >= 11 is 5.87. The van der Waals surface area contributed by atoms with Crippen LogP contribution in [0.2, 0.25) is 0 Å². The fourth-order valence-electron chi connectivity index (χ4n) is 5.55. The van der Waals surface area contributed by atoms with Crippen molar-refractivity contribution in [2.75, 3.05) is 4.90 Å². The number of halogens is 3. The summed E-state index contributed by atoms with van der Waals surface area (Å²) in [7, 11) is 0. The Hall–Kier alpha value is -4.63. The second-order valence-corrected chi connectivity index (χ2v) is 10.5. The number of hydrogen-bond acceptors (Lipinski definition) is 3. The Morgan fingerprint density at radius 1 is 0.810 bits per heavy atom. The molecule has 5 nitrogen and oxygen atoms in total. The van der Waals surface area contributed by atoms with Crippen molar-refractivity contribution in [1.29, 1.82) is 0 Å². The van der Waals surface area contributed by atoms with Gasteiger partial charge in [0.1, 0.15) is 11.5 Å². The lowest BCUT2D eigenvalue weighted by molar-refractivity contribution is -0.137. The Kier molecular flexibility index (Phi) is 7.20. The summed E-state index contributed by atoms with van der Waals surface area (Å²) in [6, 6.07) is 29.7. The Balaban J connectivity index is 1.42. The molecule has 6 rings (SSSR count). The van der Waals surface area contributed by atoms with Gasteiger partial charge in [0.2, 0.25) is 0 Å². The van der Waals surface area contributed by atoms with Gasteiger partial charge in [-0.3, -0.25) is 4.98 Å². The molecule has 0 unspecified atom stereocenters. The highest BCUT2D eigenvalue weighted by Crippen LogP contribution is 2.44. The van der Waals surface area contributed by atoms with Gasteiger partial charge in [0.25, 0.3) is 0 Å². The van der Waals surface area contributed by atoms with Crippen LogP contribution in [-0.4, -0.2) is 14.7 Å². The molecule has 1 saturated heterocycles. The molecule has 9 heteroatoms. The van der Waals surface area contributed by atoms with Crippen LogP contribution in [0.1, 0.15) is 40.3 Å². The fourth-order valence-corrected chi connectivity index (χ4v) is 5.90. The number of rotatable bonds is 6. The molecule has 1 fully saturated rings. The Morgan fingerprint density at radius 2 is 1.52 bits per heavy atom. The zero-order chi connectivity index (χ0) is 29.4. The lowest BCUT2D eigenvalue weighted by Gasteiger charge is -2.28. The summed E-state index contributed by atoms with van der Waals surface area (Å²) in [4.78, 5) is 6.66. The lowest BCUT2D eigenvalue weighted by atomic mass is 9.96. The van der Waals surface area contributed by atoms with Crippen molar-refractivity contribution in [3.05, 3.63) is 138 Å². The van der Waals surface area contributed by atoms with E-state index in [0.717, 1.165) is 40.1 Å². The molecule has 5 aromatic rings. The second kappa shape index (κ2) is 11.0. The van der Waals surface area contributed by atoms with Crippen LogP contribution in [0.25, 0.3) is 5.69 Å². The van der Waals surface area contributed by atoms with E-state index in [0.29, 0.717) is 16.5 Å². The first-order valence-electron chi connectivity index (χ1n) is 13.4. The maximum atomic E-state index is 13.6. The van der Waals surface area contributed by atoms with Gasteiger partial charge in [0.15, 0.2) is 5.11 Å². The highest BCUT2D eigenvalue weighted by Gasteiger charge is 2.42. The molecule has 1 N–H and O–H groups in total. The van der Waals surface area contributed by atoms with Crippen molar-refractivity contribution in [1.82, 2.24) is 14.9 Å². The van der Waals surface area contributed by atoms with Crippen LogP contribution in [-0.2, 0) is 6.18 Å². The molecule has 0 amide bonds. The monoisotopic (exact) mass is 584 g/mol. The van der Waals surface area contributed by atoms with Crippen molar-refractivity contribution in [3.63, 3.8) is 0 Å². The molecule has 1 aliphatic rings. The molecule has 2 aromatic heterocycles. The van der Waals surface area contributed by atoms with E-state index in [1.54, 1.807) is 12.3 Å². The molecule has 0 spiro atoms. The minimum absolute atomic E-state index is 0.297. The maximum absolute atomic E-state index is 13.6. The van der Waals surface area contributed by atoms with E-state index < -0.39 is 11.7 Å². The summed E-state index contributed by atoms with van der Waals surface area (Å²) in [5.41, 5.74) is 3.97. The standard InChI is InChI=1S/C33H27F3N4OS/c1-21-19-28(22(2)39(21)25-10-8-9-23(20-25)33(34,35)36)31-30(29-13-6-7-18-37-29)38-32(42)40(31)24-14-16-27(17-15-24)41-26-11-4-3-5-12-26/h3-20,30-31H,1-2H3,(H,38,42)/t30-,31-/m0/s1. The van der Waals surface area contributed by atoms with Gasteiger partial charge in [0.05, 0.1) is 23.3 Å². The third kappa shape index (κ3) is 5.23. The zero-order valence-corrected chi connectivity index (χ0v) is 23.7. The quantitative estimate of drug-likeness (QED) is 0.203. The molecule has 3 aromatic carbocycles. The lowest BCUT2D eigenvalue weighted by Crippen LogP contribution is -2.29. The molecule has 3 heterocycles. The number of aryl methyl sites for hydroxylation is 1. The molecule has 42 heavy (non-hydrogen) atoms. The number of benzene rings is 3. The van der Waals surface area contributed by atoms with Crippen LogP contribution >= 0.6 is 12.2 Å². The number of ether oxygens (including phenoxy) is 1. The van der Waals surface area contributed by atoms with Crippen molar-refractivity contribution in [2.24, 2.45) is 0 Å². The van der Waals surface area contributed by atoms with Crippen molar-refractivity contribution in [3.8, 4) is 17.2 Å². The van der Waals surface area contributed by atoms with E-state index in [1.165, 1.54) is 12.1 Å². The summed E-state index contributed by atoms with van der Waals surface area (Å²) in [5.74, 6) is 1.42. The minimum atomic E-state index is -4.44. The number of nitrogens with zero attached hydrogens (tertiary/aromatic N) is 3. The van der Waals surface area contributed by atoms with Crippen LogP contribution < -0.4 is 15.0 Å². The average molecular weight is 585 g/mol. The van der Waals surface area contributed by atoms with Gasteiger partial charge in [-0.2, -0.15) is 13.2 Å². The molecule has 2 atom stereocenters. The van der Waals surface area contributed by atoms with Crippen LogP contribution in [0.3, 0.4) is 0 Å². The second-order valence-electron chi connectivity index (χ2n) is 10.1. The Labute approximate surface area is 247 Å². The molecule has 0 aliphatic carbocycles. The number of alkyl halides is 3. The summed E-state index contributed by atoms with van der Waals surface area (Å²) in [6.45, 7) is 3.82. The van der Waals surface area contributed by atoms with Gasteiger partial charge in [-0.25, -0.2) is 0 Å². The van der Waals surface area contributed by atoms with E-state index in [2.05, 4.69) is 10.3 Å². The molecule has 212 valence electrons. The fraction of sp³-hybridized carbons (Fsp3) is 0.152. The van der Waals surface area contributed by atoms with Crippen LogP contribution in [0.4, 0.5) is 18.9 Å². The third-order valence-corrected chi connectivity index (χ3v) is 7.73. The predicted molar refractivity (Wildman–Crippen MR) is 161 cm³/mol. The number of anilines is 1. The van der Waals surface area contributed by atoms with Crippen molar-refractivity contribution < 1.29 is 17.9 Å². The van der Waals surface area contributed by atoms with E-state index in [9.17, 15) is 13.2 Å². The first-order chi connectivity index (χ1) is 20.2. The summed E-state index contributed by atoms with van der Waals surface area (Å²) in [5, 5.41) is 3.98. The topological polar surface area (TPSA) is 42.3 Å². The van der Waals surface area contributed by atoms with E-state index in [-0.39, 0.29) is 12.1 Å². The SMILES string of the molecule is Cc1cc([C@H]2[C@H](c3ccccn3)NC(=S)N2c2ccc(Oc3ccccc3)cc2)c(C)n1-c1cccc(C(F)(F)F)c1. The molecule has 0 bridgehead atoms. The largest absolute Gasteiger partial charge is 0.457 e. The van der Waals surface area contributed by atoms with Crippen LogP contribution in [0.15, 0.2) is 109 Å². The van der Waals surface area contributed by atoms with E-state index in [1.807, 2.05) is 102 Å². The van der Waals surface area contributed by atoms with Gasteiger partial charge < -0.3 is 19.5 Å². The number of hydrogen-bond donors (Lipinski definition) is 1. The van der Waals surface area contributed by atoms with Gasteiger partial charge in [-0.1, -0.05) is 30.3 Å². The molecule has 0 saturated carbocycles. The first kappa shape index (κ1) is 27.5. The van der Waals surface area contributed by atoms with Gasteiger partial charge in [-0.05, 0) is 104 Å². The predicted octanol–water partition coefficient (Wildman–Crippen LogP) is 8.48. The molecule has 0 radical (unpaired) electrons. The van der Waals surface area contributed by atoms with Crippen LogP contribution in [0, 0.1) is 13.8 Å². The molecular weight excluding hydrogens is 557 g/mol. The number of thiocarbonyl (C=S) groups is 1. The van der Waals surface area contributed by atoms with Gasteiger partial charge >= 0.3 is 6.18 Å². The third-order valence-electron chi connectivity index (χ3n) is 7.41. The summed E-state index contributed by atoms with van der Waals surface area (Å²) in [6.07, 6.45) is -2.70. The number of pyridine rings is 1. The van der Waals surface area contributed by atoms with Gasteiger partial charge in [0, 0.05) is 29.0 Å². The smallest absolute Gasteiger partial charge is 0.416 e. The number of aromatic nitrogens is 2. The zero-order valence-electron chi connectivity index (χ0n) is 22.8. The Bertz CT molecular complexity index is 1720. The highest BCUT2D eigenvalue weighted by atomic mass is 32.1. The number of para-hydroxylation sites is 1. The first-order valence-corrected chi connectivity index (χ1v) is 13.8. The van der Waals surface area contributed by atoms with E-state index in [4.69, 9.17) is 17.0 Å². The van der Waals surface area contributed by atoms with Crippen molar-refractivity contribution in [2.45, 2.75) is 32.1 Å². The summed E-state index contributed by atoms with van der Waals surface area (Å²) < 4.78 is 48.5. The molecular formula is C33H27F3N4OS. The van der Waals surface area contributed by atoms with E-state index >= 15 is 0 Å². The average Bonchev–Trinajstić information content (AvgIpc) is 3.48. The Morgan fingerprint density at radius 3 is 2.21 bits per heavy atom. The normalized spacial score (nSPS) is 16.9. The minimum Gasteiger partial charge on any atom is -0.457 e. The molecule has 1 aliphatic heterocycles. The van der Waals surface area contributed by atoms with Crippen LogP contribution in [0.5, 0.6) is 11.5 Å².